The van der Waals surface area contributed by atoms with Gasteiger partial charge in [0.25, 0.3) is 0 Å². The van der Waals surface area contributed by atoms with Crippen LogP contribution in [0.1, 0.15) is 52.0 Å². The van der Waals surface area contributed by atoms with Crippen LogP contribution < -0.4 is 4.90 Å². The van der Waals surface area contributed by atoms with Crippen molar-refractivity contribution < 1.29 is 0 Å². The Labute approximate surface area is 120 Å². The molecule has 1 aliphatic heterocycles. The quantitative estimate of drug-likeness (QED) is 0.850. The Kier molecular flexibility index (Phi) is 4.79. The van der Waals surface area contributed by atoms with Crippen molar-refractivity contribution >= 4 is 16.5 Å². The summed E-state index contributed by atoms with van der Waals surface area (Å²) in [5.74, 6) is 0.477. The highest BCUT2D eigenvalue weighted by Crippen LogP contribution is 2.28. The summed E-state index contributed by atoms with van der Waals surface area (Å²) in [6, 6.07) is 1.27. The third kappa shape index (κ3) is 3.26. The molecule has 5 heteroatoms. The average molecular weight is 282 g/mol. The van der Waals surface area contributed by atoms with Crippen molar-refractivity contribution in [2.45, 2.75) is 59.0 Å². The van der Waals surface area contributed by atoms with Crippen molar-refractivity contribution in [3.63, 3.8) is 0 Å². The standard InChI is InChI=1S/C14H26N4S/c1-6-12-9-17(7-8-18(12)11(4)5)14-16-15-13(19-14)10(2)3/h10-12H,6-9H2,1-5H3. The first-order chi connectivity index (χ1) is 9.02. The molecule has 4 nitrogen and oxygen atoms in total. The number of hydrogen-bond donors (Lipinski definition) is 0. The number of aromatic nitrogens is 2. The molecule has 0 aliphatic carbocycles. The average Bonchev–Trinajstić information content (AvgIpc) is 2.87. The lowest BCUT2D eigenvalue weighted by Crippen LogP contribution is -2.55. The summed E-state index contributed by atoms with van der Waals surface area (Å²) in [6.45, 7) is 14.5. The van der Waals surface area contributed by atoms with E-state index >= 15 is 0 Å². The SMILES string of the molecule is CCC1CN(c2nnc(C(C)C)s2)CCN1C(C)C. The molecule has 1 aromatic rings. The van der Waals surface area contributed by atoms with Gasteiger partial charge in [0.2, 0.25) is 5.13 Å². The normalized spacial score (nSPS) is 21.6. The monoisotopic (exact) mass is 282 g/mol. The van der Waals surface area contributed by atoms with Gasteiger partial charge in [-0.05, 0) is 20.3 Å². The number of anilines is 1. The van der Waals surface area contributed by atoms with Crippen molar-refractivity contribution in [2.75, 3.05) is 24.5 Å². The fraction of sp³-hybridized carbons (Fsp3) is 0.857. The van der Waals surface area contributed by atoms with E-state index in [0.717, 1.165) is 29.8 Å². The van der Waals surface area contributed by atoms with Crippen molar-refractivity contribution in [1.29, 1.82) is 0 Å². The summed E-state index contributed by atoms with van der Waals surface area (Å²) in [6.07, 6.45) is 1.20. The van der Waals surface area contributed by atoms with Gasteiger partial charge in [0.05, 0.1) is 0 Å². The topological polar surface area (TPSA) is 32.3 Å². The van der Waals surface area contributed by atoms with E-state index < -0.39 is 0 Å². The molecule has 2 heterocycles. The van der Waals surface area contributed by atoms with Crippen LogP contribution in [0.3, 0.4) is 0 Å². The smallest absolute Gasteiger partial charge is 0.208 e. The van der Waals surface area contributed by atoms with Gasteiger partial charge >= 0.3 is 0 Å². The maximum atomic E-state index is 4.38. The molecule has 0 aromatic carbocycles. The molecular weight excluding hydrogens is 256 g/mol. The largest absolute Gasteiger partial charge is 0.344 e. The summed E-state index contributed by atoms with van der Waals surface area (Å²) in [7, 11) is 0. The number of piperazine rings is 1. The van der Waals surface area contributed by atoms with Gasteiger partial charge in [-0.1, -0.05) is 32.1 Å². The van der Waals surface area contributed by atoms with Crippen molar-refractivity contribution in [3.8, 4) is 0 Å². The zero-order valence-corrected chi connectivity index (χ0v) is 13.6. The van der Waals surface area contributed by atoms with Crippen LogP contribution in [0.15, 0.2) is 0 Å². The maximum absolute atomic E-state index is 4.38. The molecule has 0 amide bonds. The van der Waals surface area contributed by atoms with E-state index in [0.29, 0.717) is 18.0 Å². The number of hydrogen-bond acceptors (Lipinski definition) is 5. The molecule has 1 aliphatic rings. The predicted molar refractivity (Wildman–Crippen MR) is 82.1 cm³/mol. The second kappa shape index (κ2) is 6.18. The fourth-order valence-electron chi connectivity index (χ4n) is 2.67. The molecule has 108 valence electrons. The van der Waals surface area contributed by atoms with Crippen LogP contribution in [-0.2, 0) is 0 Å². The van der Waals surface area contributed by atoms with Crippen molar-refractivity contribution in [2.24, 2.45) is 0 Å². The molecule has 0 spiro atoms. The molecule has 1 saturated heterocycles. The lowest BCUT2D eigenvalue weighted by molar-refractivity contribution is 0.133. The number of nitrogens with zero attached hydrogens (tertiary/aromatic N) is 4. The molecule has 19 heavy (non-hydrogen) atoms. The van der Waals surface area contributed by atoms with Gasteiger partial charge in [0.1, 0.15) is 5.01 Å². The van der Waals surface area contributed by atoms with Crippen LogP contribution in [-0.4, -0.2) is 46.8 Å². The Hall–Kier alpha value is -0.680. The Morgan fingerprint density at radius 1 is 1.21 bits per heavy atom. The molecule has 1 unspecified atom stereocenters. The van der Waals surface area contributed by atoms with Crippen LogP contribution in [0.5, 0.6) is 0 Å². The molecule has 0 N–H and O–H groups in total. The minimum atomic E-state index is 0.477. The van der Waals surface area contributed by atoms with Crippen LogP contribution in [0.4, 0.5) is 5.13 Å². The molecule has 0 saturated carbocycles. The first kappa shape index (κ1) is 14.7. The van der Waals surface area contributed by atoms with Crippen LogP contribution in [0, 0.1) is 0 Å². The lowest BCUT2D eigenvalue weighted by atomic mass is 10.1. The molecular formula is C14H26N4S. The van der Waals surface area contributed by atoms with Gasteiger partial charge in [-0.3, -0.25) is 4.90 Å². The summed E-state index contributed by atoms with van der Waals surface area (Å²) in [5, 5.41) is 10.9. The van der Waals surface area contributed by atoms with Gasteiger partial charge in [-0.15, -0.1) is 10.2 Å². The molecule has 0 bridgehead atoms. The third-order valence-corrected chi connectivity index (χ3v) is 5.14. The van der Waals surface area contributed by atoms with E-state index in [1.165, 1.54) is 6.42 Å². The first-order valence-electron chi connectivity index (χ1n) is 7.37. The number of rotatable bonds is 4. The Balaban J connectivity index is 2.06. The van der Waals surface area contributed by atoms with E-state index in [4.69, 9.17) is 0 Å². The van der Waals surface area contributed by atoms with E-state index in [-0.39, 0.29) is 0 Å². The van der Waals surface area contributed by atoms with Gasteiger partial charge < -0.3 is 4.90 Å². The van der Waals surface area contributed by atoms with Crippen LogP contribution in [0.25, 0.3) is 0 Å². The third-order valence-electron chi connectivity index (χ3n) is 3.86. The Morgan fingerprint density at radius 2 is 1.95 bits per heavy atom. The second-order valence-electron chi connectivity index (χ2n) is 5.92. The maximum Gasteiger partial charge on any atom is 0.208 e. The summed E-state index contributed by atoms with van der Waals surface area (Å²) < 4.78 is 0. The van der Waals surface area contributed by atoms with Gasteiger partial charge in [-0.2, -0.15) is 0 Å². The van der Waals surface area contributed by atoms with Crippen LogP contribution >= 0.6 is 11.3 Å². The predicted octanol–water partition coefficient (Wildman–Crippen LogP) is 2.97. The first-order valence-corrected chi connectivity index (χ1v) is 8.18. The van der Waals surface area contributed by atoms with E-state index in [1.807, 2.05) is 0 Å². The zero-order chi connectivity index (χ0) is 14.0. The van der Waals surface area contributed by atoms with E-state index in [1.54, 1.807) is 11.3 Å². The van der Waals surface area contributed by atoms with E-state index in [2.05, 4.69) is 54.6 Å². The summed E-state index contributed by atoms with van der Waals surface area (Å²) >= 11 is 1.75. The highest BCUT2D eigenvalue weighted by molar-refractivity contribution is 7.15. The van der Waals surface area contributed by atoms with Gasteiger partial charge in [0.15, 0.2) is 0 Å². The zero-order valence-electron chi connectivity index (χ0n) is 12.8. The molecule has 2 rings (SSSR count). The summed E-state index contributed by atoms with van der Waals surface area (Å²) in [5.41, 5.74) is 0. The van der Waals surface area contributed by atoms with Gasteiger partial charge in [0, 0.05) is 37.6 Å². The minimum absolute atomic E-state index is 0.477. The molecule has 1 aromatic heterocycles. The Bertz CT molecular complexity index is 402. The fourth-order valence-corrected chi connectivity index (χ4v) is 3.56. The minimum Gasteiger partial charge on any atom is -0.344 e. The highest BCUT2D eigenvalue weighted by atomic mass is 32.1. The van der Waals surface area contributed by atoms with Crippen LogP contribution in [0.2, 0.25) is 0 Å². The Morgan fingerprint density at radius 3 is 2.47 bits per heavy atom. The molecule has 1 atom stereocenters. The summed E-state index contributed by atoms with van der Waals surface area (Å²) in [4.78, 5) is 5.03. The second-order valence-corrected chi connectivity index (χ2v) is 6.90. The highest BCUT2D eigenvalue weighted by Gasteiger charge is 2.29. The van der Waals surface area contributed by atoms with Crippen molar-refractivity contribution in [3.05, 3.63) is 5.01 Å². The van der Waals surface area contributed by atoms with E-state index in [9.17, 15) is 0 Å². The van der Waals surface area contributed by atoms with Crippen molar-refractivity contribution in [1.82, 2.24) is 15.1 Å². The molecule has 0 radical (unpaired) electrons. The lowest BCUT2D eigenvalue weighted by Gasteiger charge is -2.43. The van der Waals surface area contributed by atoms with Gasteiger partial charge in [-0.25, -0.2) is 0 Å². The molecule has 1 fully saturated rings.